The Labute approximate surface area is 132 Å². The van der Waals surface area contributed by atoms with Crippen LogP contribution in [-0.2, 0) is 0 Å². The molecule has 3 rings (SSSR count). The number of carbonyl (C=O) groups excluding carboxylic acids is 1. The van der Waals surface area contributed by atoms with E-state index < -0.39 is 17.5 Å². The van der Waals surface area contributed by atoms with Gasteiger partial charge in [0.1, 0.15) is 5.82 Å². The fourth-order valence-electron chi connectivity index (χ4n) is 2.68. The number of hydrogen-bond donors (Lipinski definition) is 2. The summed E-state index contributed by atoms with van der Waals surface area (Å²) in [4.78, 5) is 16.1. The summed E-state index contributed by atoms with van der Waals surface area (Å²) < 4.78 is 26.0. The fraction of sp³-hybridized carbons (Fsp3) is 0.294. The summed E-state index contributed by atoms with van der Waals surface area (Å²) in [6, 6.07) is 7.01. The van der Waals surface area contributed by atoms with Gasteiger partial charge in [-0.1, -0.05) is 12.8 Å². The third kappa shape index (κ3) is 3.83. The average molecular weight is 317 g/mol. The Bertz CT molecular complexity index is 697. The molecule has 0 radical (unpaired) electrons. The molecule has 0 unspecified atom stereocenters. The fourth-order valence-corrected chi connectivity index (χ4v) is 2.68. The molecule has 6 heteroatoms. The minimum atomic E-state index is -1.05. The molecule has 2 N–H and O–H groups in total. The molecule has 1 aliphatic rings. The Kier molecular flexibility index (Phi) is 4.50. The zero-order valence-corrected chi connectivity index (χ0v) is 12.5. The van der Waals surface area contributed by atoms with Gasteiger partial charge in [0, 0.05) is 11.6 Å². The maximum atomic E-state index is 13.1. The van der Waals surface area contributed by atoms with E-state index in [0.717, 1.165) is 30.7 Å². The summed E-state index contributed by atoms with van der Waals surface area (Å²) in [7, 11) is 0. The Morgan fingerprint density at radius 1 is 1.09 bits per heavy atom. The number of amides is 1. The van der Waals surface area contributed by atoms with Crippen molar-refractivity contribution in [2.75, 3.05) is 10.6 Å². The molecule has 23 heavy (non-hydrogen) atoms. The molecular formula is C17H17F2N3O. The molecular weight excluding hydrogens is 300 g/mol. The number of benzene rings is 1. The molecule has 4 nitrogen and oxygen atoms in total. The van der Waals surface area contributed by atoms with E-state index in [0.29, 0.717) is 11.9 Å². The van der Waals surface area contributed by atoms with Crippen LogP contribution in [0.25, 0.3) is 0 Å². The normalized spacial score (nSPS) is 14.7. The van der Waals surface area contributed by atoms with Crippen LogP contribution in [0, 0.1) is 11.6 Å². The number of rotatable bonds is 4. The van der Waals surface area contributed by atoms with E-state index in [-0.39, 0.29) is 5.56 Å². The highest BCUT2D eigenvalue weighted by molar-refractivity contribution is 6.03. The molecule has 1 aromatic heterocycles. The Hall–Kier alpha value is -2.50. The molecule has 1 fully saturated rings. The lowest BCUT2D eigenvalue weighted by Gasteiger charge is -2.13. The first kappa shape index (κ1) is 15.4. The van der Waals surface area contributed by atoms with Gasteiger partial charge in [0.15, 0.2) is 11.6 Å². The number of nitrogens with zero attached hydrogens (tertiary/aromatic N) is 1. The van der Waals surface area contributed by atoms with E-state index >= 15 is 0 Å². The second kappa shape index (κ2) is 6.73. The van der Waals surface area contributed by atoms with E-state index in [1.165, 1.54) is 18.9 Å². The van der Waals surface area contributed by atoms with Gasteiger partial charge < -0.3 is 10.6 Å². The summed E-state index contributed by atoms with van der Waals surface area (Å²) in [6.45, 7) is 0. The van der Waals surface area contributed by atoms with Gasteiger partial charge in [0.05, 0.1) is 11.9 Å². The molecule has 1 saturated carbocycles. The van der Waals surface area contributed by atoms with E-state index in [1.54, 1.807) is 12.3 Å². The van der Waals surface area contributed by atoms with Gasteiger partial charge in [-0.2, -0.15) is 0 Å². The van der Waals surface area contributed by atoms with Gasteiger partial charge in [-0.15, -0.1) is 0 Å². The quantitative estimate of drug-likeness (QED) is 0.897. The molecule has 1 amide bonds. The van der Waals surface area contributed by atoms with E-state index in [2.05, 4.69) is 15.6 Å². The summed E-state index contributed by atoms with van der Waals surface area (Å²) in [5, 5.41) is 5.96. The van der Waals surface area contributed by atoms with Gasteiger partial charge in [-0.05, 0) is 43.2 Å². The second-order valence-corrected chi connectivity index (χ2v) is 5.64. The lowest BCUT2D eigenvalue weighted by molar-refractivity contribution is 0.102. The van der Waals surface area contributed by atoms with Crippen molar-refractivity contribution in [3.8, 4) is 0 Å². The number of aromatic nitrogens is 1. The smallest absolute Gasteiger partial charge is 0.256 e. The highest BCUT2D eigenvalue weighted by Crippen LogP contribution is 2.22. The predicted octanol–water partition coefficient (Wildman–Crippen LogP) is 3.97. The van der Waals surface area contributed by atoms with Crippen LogP contribution in [0.1, 0.15) is 36.0 Å². The highest BCUT2D eigenvalue weighted by Gasteiger charge is 2.15. The molecule has 0 bridgehead atoms. The Morgan fingerprint density at radius 3 is 2.52 bits per heavy atom. The number of hydrogen-bond acceptors (Lipinski definition) is 3. The van der Waals surface area contributed by atoms with Crippen LogP contribution in [0.4, 0.5) is 20.3 Å². The average Bonchev–Trinajstić information content (AvgIpc) is 3.05. The number of pyridine rings is 1. The molecule has 0 spiro atoms. The largest absolute Gasteiger partial charge is 0.381 e. The molecule has 1 heterocycles. The van der Waals surface area contributed by atoms with Crippen LogP contribution in [0.3, 0.4) is 0 Å². The van der Waals surface area contributed by atoms with Crippen molar-refractivity contribution in [3.63, 3.8) is 0 Å². The molecule has 0 saturated heterocycles. The van der Waals surface area contributed by atoms with E-state index in [4.69, 9.17) is 0 Å². The van der Waals surface area contributed by atoms with Crippen molar-refractivity contribution in [3.05, 3.63) is 53.7 Å². The van der Waals surface area contributed by atoms with E-state index in [1.807, 2.05) is 6.07 Å². The topological polar surface area (TPSA) is 54.0 Å². The minimum Gasteiger partial charge on any atom is -0.381 e. The third-order valence-corrected chi connectivity index (χ3v) is 3.91. The molecule has 2 aromatic rings. The van der Waals surface area contributed by atoms with Gasteiger partial charge in [0.25, 0.3) is 5.91 Å². The van der Waals surface area contributed by atoms with Crippen LogP contribution in [0.2, 0.25) is 0 Å². The van der Waals surface area contributed by atoms with Crippen LogP contribution in [0.15, 0.2) is 36.5 Å². The molecule has 0 aliphatic heterocycles. The third-order valence-electron chi connectivity index (χ3n) is 3.91. The first-order valence-corrected chi connectivity index (χ1v) is 7.61. The lowest BCUT2D eigenvalue weighted by Crippen LogP contribution is -2.15. The Morgan fingerprint density at radius 2 is 1.87 bits per heavy atom. The Balaban J connectivity index is 1.62. The minimum absolute atomic E-state index is 0.0406. The van der Waals surface area contributed by atoms with Crippen LogP contribution < -0.4 is 10.6 Å². The summed E-state index contributed by atoms with van der Waals surface area (Å²) in [5.41, 5.74) is 0.946. The predicted molar refractivity (Wildman–Crippen MR) is 84.4 cm³/mol. The number of carbonyl (C=O) groups is 1. The number of halogens is 2. The monoisotopic (exact) mass is 317 g/mol. The highest BCUT2D eigenvalue weighted by atomic mass is 19.2. The van der Waals surface area contributed by atoms with Crippen molar-refractivity contribution < 1.29 is 13.6 Å². The summed E-state index contributed by atoms with van der Waals surface area (Å²) >= 11 is 0. The van der Waals surface area contributed by atoms with Gasteiger partial charge in [0.2, 0.25) is 0 Å². The van der Waals surface area contributed by atoms with Crippen LogP contribution >= 0.6 is 0 Å². The number of anilines is 2. The van der Waals surface area contributed by atoms with Crippen LogP contribution in [0.5, 0.6) is 0 Å². The molecule has 120 valence electrons. The molecule has 0 atom stereocenters. The molecule has 1 aliphatic carbocycles. The van der Waals surface area contributed by atoms with Crippen molar-refractivity contribution >= 4 is 17.4 Å². The molecule has 1 aromatic carbocycles. The van der Waals surface area contributed by atoms with Gasteiger partial charge in [-0.25, -0.2) is 13.8 Å². The zero-order chi connectivity index (χ0) is 16.2. The maximum Gasteiger partial charge on any atom is 0.256 e. The van der Waals surface area contributed by atoms with Crippen LogP contribution in [-0.4, -0.2) is 16.9 Å². The van der Waals surface area contributed by atoms with Gasteiger partial charge >= 0.3 is 0 Å². The van der Waals surface area contributed by atoms with Crippen molar-refractivity contribution in [1.29, 1.82) is 0 Å². The standard InChI is InChI=1S/C17H17F2N3O/c18-14-7-5-11(9-15(14)19)17(23)22-16-8-6-13(10-20-16)21-12-3-1-2-4-12/h5-10,12,21H,1-4H2,(H,20,22,23). The SMILES string of the molecule is O=C(Nc1ccc(NC2CCCC2)cn1)c1ccc(F)c(F)c1. The zero-order valence-electron chi connectivity index (χ0n) is 12.5. The second-order valence-electron chi connectivity index (χ2n) is 5.64. The van der Waals surface area contributed by atoms with Crippen molar-refractivity contribution in [2.45, 2.75) is 31.7 Å². The van der Waals surface area contributed by atoms with Crippen molar-refractivity contribution in [2.24, 2.45) is 0 Å². The maximum absolute atomic E-state index is 13.1. The van der Waals surface area contributed by atoms with Gasteiger partial charge in [-0.3, -0.25) is 4.79 Å². The number of nitrogens with one attached hydrogen (secondary N) is 2. The van der Waals surface area contributed by atoms with Crippen molar-refractivity contribution in [1.82, 2.24) is 4.98 Å². The lowest BCUT2D eigenvalue weighted by atomic mass is 10.2. The first-order valence-electron chi connectivity index (χ1n) is 7.61. The van der Waals surface area contributed by atoms with E-state index in [9.17, 15) is 13.6 Å². The first-order chi connectivity index (χ1) is 11.1. The summed E-state index contributed by atoms with van der Waals surface area (Å²) in [5.74, 6) is -2.21. The summed E-state index contributed by atoms with van der Waals surface area (Å²) in [6.07, 6.45) is 6.46.